The molecule has 108 valence electrons. The molecule has 0 unspecified atom stereocenters. The van der Waals surface area contributed by atoms with Crippen LogP contribution in [0.3, 0.4) is 0 Å². The van der Waals surface area contributed by atoms with E-state index in [0.29, 0.717) is 5.92 Å². The van der Waals surface area contributed by atoms with Gasteiger partial charge in [-0.05, 0) is 35.6 Å². The highest BCUT2D eigenvalue weighted by Gasteiger charge is 2.22. The number of hydrogen-bond acceptors (Lipinski definition) is 3. The maximum absolute atomic E-state index is 12.3. The molecule has 1 aliphatic heterocycles. The molecule has 2 aromatic rings. The van der Waals surface area contributed by atoms with E-state index in [1.165, 1.54) is 21.6 Å². The lowest BCUT2D eigenvalue weighted by molar-refractivity contribution is 0.0946. The average Bonchev–Trinajstić information content (AvgIpc) is 2.90. The van der Waals surface area contributed by atoms with Gasteiger partial charge in [-0.2, -0.15) is 0 Å². The van der Waals surface area contributed by atoms with Gasteiger partial charge < -0.3 is 10.6 Å². The largest absolute Gasteiger partial charge is 0.351 e. The molecule has 0 saturated carbocycles. The van der Waals surface area contributed by atoms with Crippen LogP contribution in [0.4, 0.5) is 0 Å². The number of aryl methyl sites for hydroxylation is 2. The molecule has 1 amide bonds. The molecule has 1 aliphatic carbocycles. The Morgan fingerprint density at radius 2 is 2.05 bits per heavy atom. The van der Waals surface area contributed by atoms with Crippen LogP contribution in [0.5, 0.6) is 0 Å². The molecule has 0 bridgehead atoms. The van der Waals surface area contributed by atoms with Crippen LogP contribution >= 0.6 is 11.3 Å². The van der Waals surface area contributed by atoms with E-state index in [9.17, 15) is 4.79 Å². The molecule has 0 spiro atoms. The highest BCUT2D eigenvalue weighted by molar-refractivity contribution is 7.17. The molecule has 3 nitrogen and oxygen atoms in total. The highest BCUT2D eigenvalue weighted by Crippen LogP contribution is 2.39. The second-order valence-electron chi connectivity index (χ2n) is 5.86. The normalized spacial score (nSPS) is 16.8. The lowest BCUT2D eigenvalue weighted by Gasteiger charge is -2.26. The molecule has 21 heavy (non-hydrogen) atoms. The highest BCUT2D eigenvalue weighted by atomic mass is 32.1. The van der Waals surface area contributed by atoms with E-state index in [1.807, 2.05) is 0 Å². The van der Waals surface area contributed by atoms with Gasteiger partial charge in [0.1, 0.15) is 0 Å². The Hall–Kier alpha value is -1.65. The fraction of sp³-hybridized carbons (Fsp3) is 0.353. The molecule has 2 N–H and O–H groups in total. The molecule has 1 aromatic carbocycles. The van der Waals surface area contributed by atoms with Crippen molar-refractivity contribution < 1.29 is 4.79 Å². The Bertz CT molecular complexity index is 688. The maximum atomic E-state index is 12.3. The van der Waals surface area contributed by atoms with E-state index in [-0.39, 0.29) is 5.91 Å². The second-order valence-corrected chi connectivity index (χ2v) is 6.91. The van der Waals surface area contributed by atoms with Gasteiger partial charge in [-0.15, -0.1) is 11.3 Å². The topological polar surface area (TPSA) is 41.1 Å². The van der Waals surface area contributed by atoms with Crippen molar-refractivity contribution in [2.24, 2.45) is 5.92 Å². The number of benzene rings is 1. The van der Waals surface area contributed by atoms with Gasteiger partial charge >= 0.3 is 0 Å². The predicted molar refractivity (Wildman–Crippen MR) is 85.9 cm³/mol. The van der Waals surface area contributed by atoms with E-state index in [4.69, 9.17) is 0 Å². The zero-order valence-corrected chi connectivity index (χ0v) is 12.6. The number of amides is 1. The Labute approximate surface area is 128 Å². The first kappa shape index (κ1) is 13.0. The Balaban J connectivity index is 1.56. The van der Waals surface area contributed by atoms with Crippen molar-refractivity contribution in [1.29, 1.82) is 0 Å². The zero-order chi connectivity index (χ0) is 14.2. The molecule has 4 rings (SSSR count). The Morgan fingerprint density at radius 3 is 2.86 bits per heavy atom. The number of hydrogen-bond donors (Lipinski definition) is 2. The molecule has 0 radical (unpaired) electrons. The van der Waals surface area contributed by atoms with Crippen LogP contribution in [0.25, 0.3) is 10.4 Å². The third-order valence-corrected chi connectivity index (χ3v) is 5.59. The first-order valence-electron chi connectivity index (χ1n) is 7.51. The van der Waals surface area contributed by atoms with Gasteiger partial charge in [-0.25, -0.2) is 0 Å². The summed E-state index contributed by atoms with van der Waals surface area (Å²) in [6, 6.07) is 10.6. The summed E-state index contributed by atoms with van der Waals surface area (Å²) in [5, 5.41) is 6.29. The standard InChI is InChI=1S/C17H18N2OS/c20-17(19-10-11-8-18-9-11)15-7-13-6-5-12-3-1-2-4-14(12)16(13)21-15/h1-4,7,11,18H,5-6,8-10H2,(H,19,20). The molecule has 1 saturated heterocycles. The number of nitrogens with one attached hydrogen (secondary N) is 2. The summed E-state index contributed by atoms with van der Waals surface area (Å²) in [7, 11) is 0. The summed E-state index contributed by atoms with van der Waals surface area (Å²) in [6.45, 7) is 2.83. The zero-order valence-electron chi connectivity index (χ0n) is 11.8. The quantitative estimate of drug-likeness (QED) is 0.914. The summed E-state index contributed by atoms with van der Waals surface area (Å²) >= 11 is 1.64. The van der Waals surface area contributed by atoms with Gasteiger partial charge in [0.2, 0.25) is 0 Å². The van der Waals surface area contributed by atoms with Gasteiger partial charge in [0.15, 0.2) is 0 Å². The van der Waals surface area contributed by atoms with Crippen molar-refractivity contribution in [2.45, 2.75) is 12.8 Å². The van der Waals surface area contributed by atoms with Gasteiger partial charge in [0.05, 0.1) is 4.88 Å². The fourth-order valence-corrected chi connectivity index (χ4v) is 4.19. The first-order valence-corrected chi connectivity index (χ1v) is 8.33. The SMILES string of the molecule is O=C(NCC1CNC1)c1cc2c(s1)-c1ccccc1CC2. The monoisotopic (exact) mass is 298 g/mol. The van der Waals surface area contributed by atoms with Crippen LogP contribution in [-0.4, -0.2) is 25.5 Å². The minimum absolute atomic E-state index is 0.0822. The maximum Gasteiger partial charge on any atom is 0.261 e. The van der Waals surface area contributed by atoms with Gasteiger partial charge in [-0.3, -0.25) is 4.79 Å². The number of thiophene rings is 1. The lowest BCUT2D eigenvalue weighted by atomic mass is 9.91. The van der Waals surface area contributed by atoms with E-state index in [0.717, 1.165) is 37.4 Å². The van der Waals surface area contributed by atoms with Crippen molar-refractivity contribution in [3.8, 4) is 10.4 Å². The van der Waals surface area contributed by atoms with Crippen molar-refractivity contribution in [1.82, 2.24) is 10.6 Å². The van der Waals surface area contributed by atoms with Gasteiger partial charge in [-0.1, -0.05) is 24.3 Å². The van der Waals surface area contributed by atoms with Crippen molar-refractivity contribution >= 4 is 17.2 Å². The van der Waals surface area contributed by atoms with E-state index in [1.54, 1.807) is 11.3 Å². The average molecular weight is 298 g/mol. The molecular weight excluding hydrogens is 280 g/mol. The van der Waals surface area contributed by atoms with Crippen molar-refractivity contribution in [3.63, 3.8) is 0 Å². The number of carbonyl (C=O) groups excluding carboxylic acids is 1. The molecule has 0 atom stereocenters. The van der Waals surface area contributed by atoms with Crippen molar-refractivity contribution in [2.75, 3.05) is 19.6 Å². The van der Waals surface area contributed by atoms with E-state index in [2.05, 4.69) is 41.0 Å². The third-order valence-electron chi connectivity index (χ3n) is 4.38. The first-order chi connectivity index (χ1) is 10.3. The van der Waals surface area contributed by atoms with Crippen molar-refractivity contribution in [3.05, 3.63) is 46.3 Å². The molecular formula is C17H18N2OS. The Morgan fingerprint density at radius 1 is 1.24 bits per heavy atom. The number of fused-ring (bicyclic) bond motifs is 3. The van der Waals surface area contributed by atoms with Gasteiger partial charge in [0, 0.05) is 30.4 Å². The molecule has 2 heterocycles. The lowest BCUT2D eigenvalue weighted by Crippen LogP contribution is -2.48. The fourth-order valence-electron chi connectivity index (χ4n) is 3.00. The minimum Gasteiger partial charge on any atom is -0.351 e. The van der Waals surface area contributed by atoms with Gasteiger partial charge in [0.25, 0.3) is 5.91 Å². The molecule has 1 aromatic heterocycles. The van der Waals surface area contributed by atoms with Crippen LogP contribution in [-0.2, 0) is 12.8 Å². The molecule has 4 heteroatoms. The van der Waals surface area contributed by atoms with Crippen LogP contribution in [0.2, 0.25) is 0 Å². The summed E-state index contributed by atoms with van der Waals surface area (Å²) in [5.74, 6) is 0.683. The van der Waals surface area contributed by atoms with Crippen LogP contribution in [0, 0.1) is 5.92 Å². The molecule has 1 fully saturated rings. The molecule has 2 aliphatic rings. The van der Waals surface area contributed by atoms with Crippen LogP contribution < -0.4 is 10.6 Å². The summed E-state index contributed by atoms with van der Waals surface area (Å²) < 4.78 is 0. The van der Waals surface area contributed by atoms with E-state index >= 15 is 0 Å². The predicted octanol–water partition coefficient (Wildman–Crippen LogP) is 2.46. The minimum atomic E-state index is 0.0822. The summed E-state index contributed by atoms with van der Waals surface area (Å²) in [6.07, 6.45) is 2.12. The second kappa shape index (κ2) is 5.28. The number of carbonyl (C=O) groups is 1. The van der Waals surface area contributed by atoms with Crippen LogP contribution in [0.1, 0.15) is 20.8 Å². The Kier molecular flexibility index (Phi) is 3.28. The van der Waals surface area contributed by atoms with E-state index < -0.39 is 0 Å². The van der Waals surface area contributed by atoms with Crippen LogP contribution in [0.15, 0.2) is 30.3 Å². The number of rotatable bonds is 3. The summed E-state index contributed by atoms with van der Waals surface area (Å²) in [4.78, 5) is 14.4. The smallest absolute Gasteiger partial charge is 0.261 e. The third kappa shape index (κ3) is 2.39. The summed E-state index contributed by atoms with van der Waals surface area (Å²) in [5.41, 5.74) is 4.04.